The molecule has 0 saturated carbocycles. The molecule has 1 aliphatic heterocycles. The Morgan fingerprint density at radius 1 is 1.50 bits per heavy atom. The second-order valence-electron chi connectivity index (χ2n) is 2.59. The summed E-state index contributed by atoms with van der Waals surface area (Å²) in [6.07, 6.45) is 0.653. The Labute approximate surface area is 75.4 Å². The first kappa shape index (κ1) is 7.26. The Hall–Kier alpha value is -1.40. The summed E-state index contributed by atoms with van der Waals surface area (Å²) in [5, 5.41) is 9.19. The molecule has 2 rings (SSSR count). The maximum absolute atomic E-state index is 8.61. The normalized spacial score (nSPS) is 13.4. The Bertz CT molecular complexity index is 392. The highest BCUT2D eigenvalue weighted by Crippen LogP contribution is 2.26. The largest absolute Gasteiger partial charge is 0.450 e. The number of thiocarbonyl (C=S) groups is 1. The van der Waals surface area contributed by atoms with Crippen LogP contribution >= 0.6 is 12.2 Å². The average molecular weight is 175 g/mol. The summed E-state index contributed by atoms with van der Waals surface area (Å²) in [7, 11) is 0. The molecule has 0 aliphatic carbocycles. The van der Waals surface area contributed by atoms with Crippen molar-refractivity contribution in [3.8, 4) is 11.8 Å². The minimum absolute atomic E-state index is 0.583. The van der Waals surface area contributed by atoms with Crippen molar-refractivity contribution in [2.75, 3.05) is 0 Å². The van der Waals surface area contributed by atoms with Gasteiger partial charge < -0.3 is 4.74 Å². The van der Waals surface area contributed by atoms with E-state index in [0.717, 1.165) is 11.3 Å². The number of benzene rings is 1. The van der Waals surface area contributed by atoms with Crippen LogP contribution in [0.2, 0.25) is 0 Å². The van der Waals surface area contributed by atoms with Crippen LogP contribution < -0.4 is 4.74 Å². The molecule has 0 saturated heterocycles. The molecule has 0 radical (unpaired) electrons. The molecule has 0 aromatic heterocycles. The highest BCUT2D eigenvalue weighted by Gasteiger charge is 2.16. The van der Waals surface area contributed by atoms with Crippen molar-refractivity contribution in [2.45, 2.75) is 6.42 Å². The lowest BCUT2D eigenvalue weighted by Gasteiger charge is -1.95. The van der Waals surface area contributed by atoms with Crippen LogP contribution in [0.5, 0.6) is 5.75 Å². The van der Waals surface area contributed by atoms with Gasteiger partial charge in [-0.1, -0.05) is 0 Å². The third kappa shape index (κ3) is 1.06. The fourth-order valence-corrected chi connectivity index (χ4v) is 1.45. The van der Waals surface area contributed by atoms with Gasteiger partial charge in [-0.3, -0.25) is 0 Å². The summed E-state index contributed by atoms with van der Waals surface area (Å²) < 4.78 is 5.23. The van der Waals surface area contributed by atoms with Crippen LogP contribution in [0, 0.1) is 11.3 Å². The molecule has 0 atom stereocenters. The van der Waals surface area contributed by atoms with E-state index in [0.29, 0.717) is 17.0 Å². The van der Waals surface area contributed by atoms with Gasteiger partial charge in [0.15, 0.2) is 5.05 Å². The lowest BCUT2D eigenvalue weighted by Crippen LogP contribution is -1.96. The predicted octanol–water partition coefficient (Wildman–Crippen LogP) is 1.82. The zero-order valence-corrected chi connectivity index (χ0v) is 7.02. The molecule has 12 heavy (non-hydrogen) atoms. The van der Waals surface area contributed by atoms with Crippen LogP contribution in [-0.4, -0.2) is 5.05 Å². The number of nitrogens with zero attached hydrogens (tertiary/aromatic N) is 1. The fourth-order valence-electron chi connectivity index (χ4n) is 1.20. The van der Waals surface area contributed by atoms with Crippen LogP contribution in [0.1, 0.15) is 11.1 Å². The van der Waals surface area contributed by atoms with Gasteiger partial charge in [-0.2, -0.15) is 5.26 Å². The van der Waals surface area contributed by atoms with Crippen LogP contribution in [-0.2, 0) is 6.42 Å². The van der Waals surface area contributed by atoms with Gasteiger partial charge in [-0.25, -0.2) is 0 Å². The smallest absolute Gasteiger partial charge is 0.171 e. The first-order valence-electron chi connectivity index (χ1n) is 3.53. The van der Waals surface area contributed by atoms with Crippen LogP contribution in [0.4, 0.5) is 0 Å². The lowest BCUT2D eigenvalue weighted by molar-refractivity contribution is 0.579. The van der Waals surface area contributed by atoms with Gasteiger partial charge in [0.25, 0.3) is 0 Å². The third-order valence-electron chi connectivity index (χ3n) is 1.75. The Kier molecular flexibility index (Phi) is 1.56. The summed E-state index contributed by atoms with van der Waals surface area (Å²) in [5.41, 5.74) is 1.67. The fraction of sp³-hybridized carbons (Fsp3) is 0.111. The molecule has 0 amide bonds. The zero-order valence-electron chi connectivity index (χ0n) is 6.20. The maximum Gasteiger partial charge on any atom is 0.171 e. The lowest BCUT2D eigenvalue weighted by atomic mass is 10.1. The molecule has 1 aromatic carbocycles. The van der Waals surface area contributed by atoms with Crippen molar-refractivity contribution in [3.63, 3.8) is 0 Å². The zero-order chi connectivity index (χ0) is 8.55. The molecule has 0 unspecified atom stereocenters. The summed E-state index contributed by atoms with van der Waals surface area (Å²) in [4.78, 5) is 0. The van der Waals surface area contributed by atoms with Gasteiger partial charge in [-0.15, -0.1) is 0 Å². The summed E-state index contributed by atoms with van der Waals surface area (Å²) in [6.45, 7) is 0. The molecule has 0 bridgehead atoms. The van der Waals surface area contributed by atoms with Gasteiger partial charge in [0.1, 0.15) is 5.75 Å². The van der Waals surface area contributed by atoms with E-state index < -0.39 is 0 Å². The molecule has 2 nitrogen and oxygen atoms in total. The van der Waals surface area contributed by atoms with Gasteiger partial charge in [0.2, 0.25) is 0 Å². The number of hydrogen-bond donors (Lipinski definition) is 0. The molecule has 3 heteroatoms. The highest BCUT2D eigenvalue weighted by molar-refractivity contribution is 7.80. The van der Waals surface area contributed by atoms with Gasteiger partial charge in [0.05, 0.1) is 11.6 Å². The van der Waals surface area contributed by atoms with E-state index in [2.05, 4.69) is 6.07 Å². The van der Waals surface area contributed by atoms with Crippen LogP contribution in [0.3, 0.4) is 0 Å². The Morgan fingerprint density at radius 3 is 3.08 bits per heavy atom. The minimum Gasteiger partial charge on any atom is -0.450 e. The number of rotatable bonds is 0. The summed E-state index contributed by atoms with van der Waals surface area (Å²) in [6, 6.07) is 7.40. The molecule has 0 fully saturated rings. The number of ether oxygens (including phenoxy) is 1. The Balaban J connectivity index is 2.50. The first-order valence-corrected chi connectivity index (χ1v) is 3.94. The molecule has 1 heterocycles. The second-order valence-corrected chi connectivity index (χ2v) is 3.04. The van der Waals surface area contributed by atoms with E-state index in [9.17, 15) is 0 Å². The number of fused-ring (bicyclic) bond motifs is 1. The van der Waals surface area contributed by atoms with Crippen molar-refractivity contribution in [3.05, 3.63) is 29.3 Å². The SMILES string of the molecule is N#Cc1ccc2c(c1)CC(=S)O2. The molecule has 1 aromatic rings. The maximum atomic E-state index is 8.61. The molecular formula is C9H5NOS. The van der Waals surface area contributed by atoms with Crippen LogP contribution in [0.15, 0.2) is 18.2 Å². The minimum atomic E-state index is 0.583. The molecule has 0 N–H and O–H groups in total. The standard InChI is InChI=1S/C9H5NOS/c10-5-6-1-2-8-7(3-6)4-9(12)11-8/h1-3H,4H2. The van der Waals surface area contributed by atoms with E-state index in [4.69, 9.17) is 22.2 Å². The summed E-state index contributed by atoms with van der Waals surface area (Å²) >= 11 is 4.90. The number of nitriles is 1. The molecule has 58 valence electrons. The molecular weight excluding hydrogens is 170 g/mol. The monoisotopic (exact) mass is 175 g/mol. The predicted molar refractivity (Wildman–Crippen MR) is 48.1 cm³/mol. The summed E-state index contributed by atoms with van der Waals surface area (Å²) in [5.74, 6) is 0.791. The topological polar surface area (TPSA) is 33.0 Å². The second kappa shape index (κ2) is 2.58. The van der Waals surface area contributed by atoms with Crippen molar-refractivity contribution >= 4 is 17.3 Å². The van der Waals surface area contributed by atoms with Gasteiger partial charge in [-0.05, 0) is 30.4 Å². The van der Waals surface area contributed by atoms with Gasteiger partial charge >= 0.3 is 0 Å². The highest BCUT2D eigenvalue weighted by atomic mass is 32.1. The van der Waals surface area contributed by atoms with E-state index in [-0.39, 0.29) is 0 Å². The average Bonchev–Trinajstić information content (AvgIpc) is 2.43. The number of hydrogen-bond acceptors (Lipinski definition) is 3. The van der Waals surface area contributed by atoms with E-state index >= 15 is 0 Å². The quantitative estimate of drug-likeness (QED) is 0.564. The molecule has 1 aliphatic rings. The van der Waals surface area contributed by atoms with E-state index in [1.165, 1.54) is 0 Å². The van der Waals surface area contributed by atoms with Gasteiger partial charge in [0, 0.05) is 12.0 Å². The van der Waals surface area contributed by atoms with E-state index in [1.807, 2.05) is 6.07 Å². The third-order valence-corrected chi connectivity index (χ3v) is 1.98. The van der Waals surface area contributed by atoms with Crippen molar-refractivity contribution < 1.29 is 4.74 Å². The van der Waals surface area contributed by atoms with Crippen molar-refractivity contribution in [1.29, 1.82) is 5.26 Å². The first-order chi connectivity index (χ1) is 5.79. The molecule has 0 spiro atoms. The Morgan fingerprint density at radius 2 is 2.33 bits per heavy atom. The van der Waals surface area contributed by atoms with Crippen LogP contribution in [0.25, 0.3) is 0 Å². The van der Waals surface area contributed by atoms with Crippen molar-refractivity contribution in [1.82, 2.24) is 0 Å². The van der Waals surface area contributed by atoms with E-state index in [1.54, 1.807) is 12.1 Å². The van der Waals surface area contributed by atoms with Crippen molar-refractivity contribution in [2.24, 2.45) is 0 Å².